The summed E-state index contributed by atoms with van der Waals surface area (Å²) < 4.78 is 0. The molecule has 0 saturated heterocycles. The summed E-state index contributed by atoms with van der Waals surface area (Å²) in [6, 6.07) is 7.27. The van der Waals surface area contributed by atoms with Gasteiger partial charge in [0.25, 0.3) is 0 Å². The van der Waals surface area contributed by atoms with Gasteiger partial charge in [0, 0.05) is 24.0 Å². The molecule has 0 aliphatic carbocycles. The van der Waals surface area contributed by atoms with Crippen molar-refractivity contribution in [2.45, 2.75) is 46.1 Å². The van der Waals surface area contributed by atoms with Crippen molar-refractivity contribution >= 4 is 29.0 Å². The SMILES string of the molecule is CCCc1nc(C)c(CNC(=O)Nc2ccccc2CCC(=O)NC)s1. The fourth-order valence-electron chi connectivity index (χ4n) is 2.53. The number of aryl methyl sites for hydroxylation is 3. The number of carbonyl (C=O) groups excluding carboxylic acids is 2. The standard InChI is InChI=1S/C19H26N4O2S/c1-4-7-18-22-13(2)16(26-18)12-21-19(25)23-15-9-6-5-8-14(15)10-11-17(24)20-3/h5-6,8-9H,4,7,10-12H2,1-3H3,(H,20,24)(H2,21,23,25). The maximum atomic E-state index is 12.3. The molecule has 1 aromatic heterocycles. The maximum Gasteiger partial charge on any atom is 0.319 e. The van der Waals surface area contributed by atoms with Crippen LogP contribution < -0.4 is 16.0 Å². The summed E-state index contributed by atoms with van der Waals surface area (Å²) in [5.41, 5.74) is 2.64. The number of nitrogens with zero attached hydrogens (tertiary/aromatic N) is 1. The number of benzene rings is 1. The molecule has 3 N–H and O–H groups in total. The first kappa shape index (κ1) is 19.9. The zero-order valence-corrected chi connectivity index (χ0v) is 16.3. The van der Waals surface area contributed by atoms with Crippen LogP contribution in [0.2, 0.25) is 0 Å². The smallest absolute Gasteiger partial charge is 0.319 e. The minimum absolute atomic E-state index is 0.0205. The number of amides is 3. The van der Waals surface area contributed by atoms with Crippen LogP contribution in [0.25, 0.3) is 0 Å². The van der Waals surface area contributed by atoms with Gasteiger partial charge in [-0.3, -0.25) is 4.79 Å². The topological polar surface area (TPSA) is 83.1 Å². The Labute approximate surface area is 158 Å². The molecular weight excluding hydrogens is 348 g/mol. The second-order valence-corrected chi connectivity index (χ2v) is 7.17. The highest BCUT2D eigenvalue weighted by atomic mass is 32.1. The molecule has 7 heteroatoms. The number of para-hydroxylation sites is 1. The third-order valence-corrected chi connectivity index (χ3v) is 5.19. The van der Waals surface area contributed by atoms with Crippen LogP contribution in [0.1, 0.15) is 40.9 Å². The molecule has 0 aliphatic rings. The molecular formula is C19H26N4O2S. The van der Waals surface area contributed by atoms with E-state index in [9.17, 15) is 9.59 Å². The Balaban J connectivity index is 1.92. The molecule has 2 rings (SSSR count). The average molecular weight is 375 g/mol. The Morgan fingerprint density at radius 1 is 1.19 bits per heavy atom. The number of rotatable bonds is 8. The molecule has 0 atom stereocenters. The Bertz CT molecular complexity index is 758. The predicted molar refractivity (Wildman–Crippen MR) is 106 cm³/mol. The lowest BCUT2D eigenvalue weighted by Gasteiger charge is -2.11. The van der Waals surface area contributed by atoms with Crippen LogP contribution in [0.4, 0.5) is 10.5 Å². The summed E-state index contributed by atoms with van der Waals surface area (Å²) in [6.07, 6.45) is 2.99. The van der Waals surface area contributed by atoms with Gasteiger partial charge < -0.3 is 16.0 Å². The first-order valence-corrected chi connectivity index (χ1v) is 9.63. The van der Waals surface area contributed by atoms with Gasteiger partial charge in [0.1, 0.15) is 0 Å². The largest absolute Gasteiger partial charge is 0.359 e. The monoisotopic (exact) mass is 374 g/mol. The molecule has 1 aromatic carbocycles. The number of aromatic nitrogens is 1. The van der Waals surface area contributed by atoms with E-state index in [4.69, 9.17) is 0 Å². The summed E-state index contributed by atoms with van der Waals surface area (Å²) in [5.74, 6) is -0.0205. The third-order valence-electron chi connectivity index (χ3n) is 3.98. The highest BCUT2D eigenvalue weighted by Gasteiger charge is 2.11. The molecule has 6 nitrogen and oxygen atoms in total. The van der Waals surface area contributed by atoms with Gasteiger partial charge in [0.05, 0.1) is 17.2 Å². The van der Waals surface area contributed by atoms with Crippen LogP contribution in [0.15, 0.2) is 24.3 Å². The lowest BCUT2D eigenvalue weighted by Crippen LogP contribution is -2.28. The highest BCUT2D eigenvalue weighted by Crippen LogP contribution is 2.20. The number of thiazole rings is 1. The second kappa shape index (κ2) is 9.91. The number of anilines is 1. The molecule has 26 heavy (non-hydrogen) atoms. The van der Waals surface area contributed by atoms with Crippen LogP contribution >= 0.6 is 11.3 Å². The second-order valence-electron chi connectivity index (χ2n) is 6.00. The fourth-order valence-corrected chi connectivity index (χ4v) is 3.64. The van der Waals surface area contributed by atoms with Crippen molar-refractivity contribution in [3.63, 3.8) is 0 Å². The van der Waals surface area contributed by atoms with E-state index < -0.39 is 0 Å². The average Bonchev–Trinajstić information content (AvgIpc) is 2.98. The van der Waals surface area contributed by atoms with Gasteiger partial charge in [-0.2, -0.15) is 0 Å². The Kier molecular flexibility index (Phi) is 7.59. The van der Waals surface area contributed by atoms with Crippen molar-refractivity contribution in [3.8, 4) is 0 Å². The molecule has 0 radical (unpaired) electrons. The molecule has 0 bridgehead atoms. The lowest BCUT2D eigenvalue weighted by atomic mass is 10.1. The van der Waals surface area contributed by atoms with Gasteiger partial charge in [-0.15, -0.1) is 11.3 Å². The molecule has 0 spiro atoms. The zero-order valence-electron chi connectivity index (χ0n) is 15.5. The Morgan fingerprint density at radius 3 is 2.69 bits per heavy atom. The molecule has 0 unspecified atom stereocenters. The van der Waals surface area contributed by atoms with Crippen molar-refractivity contribution in [2.75, 3.05) is 12.4 Å². The highest BCUT2D eigenvalue weighted by molar-refractivity contribution is 7.11. The van der Waals surface area contributed by atoms with E-state index in [0.29, 0.717) is 19.4 Å². The van der Waals surface area contributed by atoms with E-state index >= 15 is 0 Å². The van der Waals surface area contributed by atoms with Crippen molar-refractivity contribution in [3.05, 3.63) is 45.4 Å². The van der Waals surface area contributed by atoms with Crippen molar-refractivity contribution in [2.24, 2.45) is 0 Å². The molecule has 0 fully saturated rings. The van der Waals surface area contributed by atoms with E-state index in [1.807, 2.05) is 31.2 Å². The summed E-state index contributed by atoms with van der Waals surface area (Å²) in [4.78, 5) is 29.3. The van der Waals surface area contributed by atoms with Crippen molar-refractivity contribution in [1.82, 2.24) is 15.6 Å². The molecule has 0 aliphatic heterocycles. The van der Waals surface area contributed by atoms with Crippen LogP contribution in [0, 0.1) is 6.92 Å². The van der Waals surface area contributed by atoms with Crippen LogP contribution in [0.5, 0.6) is 0 Å². The third kappa shape index (κ3) is 5.84. The summed E-state index contributed by atoms with van der Waals surface area (Å²) >= 11 is 1.65. The van der Waals surface area contributed by atoms with Crippen molar-refractivity contribution < 1.29 is 9.59 Å². The van der Waals surface area contributed by atoms with Gasteiger partial charge in [-0.05, 0) is 37.8 Å². The predicted octanol–water partition coefficient (Wildman–Crippen LogP) is 3.40. The quantitative estimate of drug-likeness (QED) is 0.662. The molecule has 140 valence electrons. The van der Waals surface area contributed by atoms with Gasteiger partial charge in [0.2, 0.25) is 5.91 Å². The summed E-state index contributed by atoms with van der Waals surface area (Å²) in [5, 5.41) is 9.48. The zero-order chi connectivity index (χ0) is 18.9. The Hall–Kier alpha value is -2.41. The molecule has 3 amide bonds. The first-order chi connectivity index (χ1) is 12.5. The van der Waals surface area contributed by atoms with Gasteiger partial charge in [0.15, 0.2) is 0 Å². The summed E-state index contributed by atoms with van der Waals surface area (Å²) in [6.45, 7) is 4.56. The van der Waals surface area contributed by atoms with Crippen LogP contribution in [0.3, 0.4) is 0 Å². The Morgan fingerprint density at radius 2 is 1.96 bits per heavy atom. The van der Waals surface area contributed by atoms with Gasteiger partial charge in [-0.25, -0.2) is 9.78 Å². The number of hydrogen-bond acceptors (Lipinski definition) is 4. The fraction of sp³-hybridized carbons (Fsp3) is 0.421. The maximum absolute atomic E-state index is 12.3. The van der Waals surface area contributed by atoms with E-state index in [1.165, 1.54) is 0 Å². The van der Waals surface area contributed by atoms with Gasteiger partial charge in [-0.1, -0.05) is 25.1 Å². The van der Waals surface area contributed by atoms with E-state index in [2.05, 4.69) is 27.9 Å². The van der Waals surface area contributed by atoms with Crippen LogP contribution in [-0.2, 0) is 24.2 Å². The number of nitrogens with one attached hydrogen (secondary N) is 3. The number of urea groups is 1. The lowest BCUT2D eigenvalue weighted by molar-refractivity contribution is -0.120. The van der Waals surface area contributed by atoms with E-state index in [1.54, 1.807) is 18.4 Å². The number of hydrogen-bond donors (Lipinski definition) is 3. The number of carbonyl (C=O) groups is 2. The first-order valence-electron chi connectivity index (χ1n) is 8.82. The minimum atomic E-state index is -0.262. The molecule has 0 saturated carbocycles. The van der Waals surface area contributed by atoms with E-state index in [-0.39, 0.29) is 11.9 Å². The van der Waals surface area contributed by atoms with Crippen LogP contribution in [-0.4, -0.2) is 24.0 Å². The summed E-state index contributed by atoms with van der Waals surface area (Å²) in [7, 11) is 1.62. The normalized spacial score (nSPS) is 10.4. The van der Waals surface area contributed by atoms with E-state index in [0.717, 1.165) is 39.7 Å². The molecule has 2 aromatic rings. The minimum Gasteiger partial charge on any atom is -0.359 e. The molecule has 1 heterocycles. The van der Waals surface area contributed by atoms with Crippen molar-refractivity contribution in [1.29, 1.82) is 0 Å². The van der Waals surface area contributed by atoms with Gasteiger partial charge >= 0.3 is 6.03 Å².